The number of para-hydroxylation sites is 2. The molecule has 0 amide bonds. The smallest absolute Gasteiger partial charge is 0.164 e. The Morgan fingerprint density at radius 2 is 0.836 bits per heavy atom. The summed E-state index contributed by atoms with van der Waals surface area (Å²) in [5, 5.41) is 4.17. The van der Waals surface area contributed by atoms with Crippen molar-refractivity contribution in [3.05, 3.63) is 133 Å². The van der Waals surface area contributed by atoms with Crippen molar-refractivity contribution in [2.24, 2.45) is 0 Å². The Bertz CT molecular complexity index is 3130. The Labute approximate surface area is 322 Å². The van der Waals surface area contributed by atoms with Crippen molar-refractivity contribution in [3.8, 4) is 56.4 Å². The van der Waals surface area contributed by atoms with Crippen LogP contribution in [-0.2, 0) is 0 Å². The predicted octanol–water partition coefficient (Wildman–Crippen LogP) is 5.97. The van der Waals surface area contributed by atoms with E-state index < -0.39 is 0 Å². The van der Waals surface area contributed by atoms with E-state index in [1.165, 1.54) is 0 Å². The van der Waals surface area contributed by atoms with Crippen molar-refractivity contribution in [2.45, 2.75) is 0 Å². The lowest BCUT2D eigenvalue weighted by atomic mass is 9.59. The Balaban J connectivity index is 1.06. The SMILES string of the molecule is [B]c1c([B])c([B])c(-c2ccc(-c3nc(-c4ccccc4)nc(-c4ccc5c(c4)oc4cc(-c6cccc7c6oc6ccccc67)ccc45)n3)cc2)c([B])c1[B]. The van der Waals surface area contributed by atoms with Crippen LogP contribution in [0.25, 0.3) is 100 Å². The molecule has 0 aliphatic heterocycles. The maximum absolute atomic E-state index is 6.53. The van der Waals surface area contributed by atoms with E-state index in [1.807, 2.05) is 84.9 Å². The van der Waals surface area contributed by atoms with Gasteiger partial charge in [-0.15, -0.1) is 16.4 Å². The third-order valence-electron chi connectivity index (χ3n) is 10.2. The Kier molecular flexibility index (Phi) is 7.70. The number of aromatic nitrogens is 3. The molecule has 10 rings (SSSR count). The molecule has 7 aromatic carbocycles. The van der Waals surface area contributed by atoms with Crippen molar-refractivity contribution < 1.29 is 8.83 Å². The summed E-state index contributed by atoms with van der Waals surface area (Å²) < 4.78 is 12.9. The summed E-state index contributed by atoms with van der Waals surface area (Å²) in [6, 6.07) is 44.0. The van der Waals surface area contributed by atoms with E-state index in [2.05, 4.69) is 48.5 Å². The van der Waals surface area contributed by atoms with Crippen molar-refractivity contribution in [2.75, 3.05) is 0 Å². The van der Waals surface area contributed by atoms with Crippen LogP contribution in [0.3, 0.4) is 0 Å². The number of fused-ring (bicyclic) bond motifs is 6. The van der Waals surface area contributed by atoms with Gasteiger partial charge in [0.05, 0.1) is 0 Å². The molecule has 0 spiro atoms. The van der Waals surface area contributed by atoms with Gasteiger partial charge in [0.1, 0.15) is 61.6 Å². The van der Waals surface area contributed by atoms with Gasteiger partial charge in [0.15, 0.2) is 17.5 Å². The van der Waals surface area contributed by atoms with Gasteiger partial charge >= 0.3 is 0 Å². The van der Waals surface area contributed by atoms with E-state index in [1.54, 1.807) is 0 Å². The summed E-state index contributed by atoms with van der Waals surface area (Å²) in [6.07, 6.45) is 0. The van der Waals surface area contributed by atoms with Crippen molar-refractivity contribution in [1.82, 2.24) is 15.0 Å². The number of benzene rings is 7. The Hall–Kier alpha value is -6.53. The summed E-state index contributed by atoms with van der Waals surface area (Å²) in [5.74, 6) is 1.52. The Morgan fingerprint density at radius 3 is 1.53 bits per heavy atom. The minimum atomic E-state index is 0.170. The highest BCUT2D eigenvalue weighted by Crippen LogP contribution is 2.39. The van der Waals surface area contributed by atoms with Gasteiger partial charge in [-0.1, -0.05) is 114 Å². The molecule has 0 unspecified atom stereocenters. The molecule has 3 aromatic heterocycles. The maximum Gasteiger partial charge on any atom is 0.164 e. The number of nitrogens with zero attached hydrogens (tertiary/aromatic N) is 3. The second kappa shape index (κ2) is 12.8. The first-order valence-electron chi connectivity index (χ1n) is 17.6. The third-order valence-corrected chi connectivity index (χ3v) is 10.2. The van der Waals surface area contributed by atoms with E-state index in [0.717, 1.165) is 77.3 Å². The van der Waals surface area contributed by atoms with Gasteiger partial charge in [-0.2, -0.15) is 0 Å². The molecule has 0 fully saturated rings. The highest BCUT2D eigenvalue weighted by Gasteiger charge is 2.18. The number of furan rings is 2. The molecule has 10 radical (unpaired) electrons. The summed E-state index contributed by atoms with van der Waals surface area (Å²) in [6.45, 7) is 0. The van der Waals surface area contributed by atoms with Crippen LogP contribution in [0.4, 0.5) is 0 Å². The van der Waals surface area contributed by atoms with Crippen LogP contribution in [0.1, 0.15) is 0 Å². The van der Waals surface area contributed by atoms with Gasteiger partial charge in [-0.25, -0.2) is 15.0 Å². The van der Waals surface area contributed by atoms with Crippen LogP contribution in [0.15, 0.2) is 142 Å². The van der Waals surface area contributed by atoms with Gasteiger partial charge in [0.2, 0.25) is 0 Å². The molecule has 10 aromatic rings. The van der Waals surface area contributed by atoms with Crippen LogP contribution in [0, 0.1) is 0 Å². The van der Waals surface area contributed by atoms with Crippen molar-refractivity contribution in [1.29, 1.82) is 0 Å². The molecule has 0 saturated heterocycles. The number of hydrogen-bond acceptors (Lipinski definition) is 5. The first kappa shape index (κ1) is 33.1. The summed E-state index contributed by atoms with van der Waals surface area (Å²) in [4.78, 5) is 14.8. The first-order valence-corrected chi connectivity index (χ1v) is 17.6. The average molecular weight is 691 g/mol. The molecule has 0 N–H and O–H groups in total. The van der Waals surface area contributed by atoms with Gasteiger partial charge in [-0.3, -0.25) is 0 Å². The molecule has 0 aliphatic carbocycles. The lowest BCUT2D eigenvalue weighted by Gasteiger charge is -2.21. The lowest BCUT2D eigenvalue weighted by Crippen LogP contribution is -2.55. The lowest BCUT2D eigenvalue weighted by molar-refractivity contribution is 0.668. The topological polar surface area (TPSA) is 65.0 Å². The molecular formula is C45H22B5N3O2. The maximum atomic E-state index is 6.53. The van der Waals surface area contributed by atoms with E-state index in [-0.39, 0.29) is 27.3 Å². The van der Waals surface area contributed by atoms with E-state index >= 15 is 0 Å². The average Bonchev–Trinajstić information content (AvgIpc) is 3.80. The zero-order valence-corrected chi connectivity index (χ0v) is 29.2. The van der Waals surface area contributed by atoms with E-state index in [9.17, 15) is 0 Å². The molecule has 0 bridgehead atoms. The molecule has 244 valence electrons. The molecular weight excluding hydrogens is 669 g/mol. The van der Waals surface area contributed by atoms with Crippen LogP contribution in [0.2, 0.25) is 0 Å². The molecule has 0 aliphatic rings. The molecule has 10 heteroatoms. The summed E-state index contributed by atoms with van der Waals surface area (Å²) >= 11 is 0. The molecule has 0 atom stereocenters. The van der Waals surface area contributed by atoms with Crippen LogP contribution in [-0.4, -0.2) is 54.2 Å². The van der Waals surface area contributed by atoms with Crippen LogP contribution >= 0.6 is 0 Å². The standard InChI is InChI=1S/C45H22B5N3O2/c46-37-36(38(47)40(49)41(50)39(37)48)23-13-15-25(16-14-23)44-51-43(24-7-2-1-3-8-24)52-45(53-44)27-18-20-31-30-19-17-26(21-34(30)54-35(31)22-27)28-10-6-11-32-29-9-4-5-12-33(29)55-42(28)32/h1-22H. The number of rotatable bonds is 5. The highest BCUT2D eigenvalue weighted by atomic mass is 16.3. The highest BCUT2D eigenvalue weighted by molar-refractivity contribution is 6.68. The fraction of sp³-hybridized carbons (Fsp3) is 0. The third kappa shape index (κ3) is 5.43. The van der Waals surface area contributed by atoms with Gasteiger partial charge < -0.3 is 8.83 Å². The molecule has 0 saturated carbocycles. The normalized spacial score (nSPS) is 11.6. The number of hydrogen-bond donors (Lipinski definition) is 0. The minimum Gasteiger partial charge on any atom is -0.456 e. The van der Waals surface area contributed by atoms with E-state index in [0.29, 0.717) is 23.0 Å². The van der Waals surface area contributed by atoms with Crippen LogP contribution < -0.4 is 27.3 Å². The van der Waals surface area contributed by atoms with Crippen LogP contribution in [0.5, 0.6) is 0 Å². The zero-order chi connectivity index (χ0) is 37.4. The zero-order valence-electron chi connectivity index (χ0n) is 29.2. The van der Waals surface area contributed by atoms with E-state index in [4.69, 9.17) is 63.0 Å². The predicted molar refractivity (Wildman–Crippen MR) is 229 cm³/mol. The fourth-order valence-electron chi connectivity index (χ4n) is 7.36. The van der Waals surface area contributed by atoms with Gasteiger partial charge in [-0.05, 0) is 47.0 Å². The van der Waals surface area contributed by atoms with Gasteiger partial charge in [0, 0.05) is 43.8 Å². The monoisotopic (exact) mass is 691 g/mol. The molecule has 5 nitrogen and oxygen atoms in total. The first-order chi connectivity index (χ1) is 26.8. The van der Waals surface area contributed by atoms with Crippen molar-refractivity contribution >= 4 is 110 Å². The second-order valence-corrected chi connectivity index (χ2v) is 13.5. The quantitative estimate of drug-likeness (QED) is 0.208. The Morgan fingerprint density at radius 1 is 0.345 bits per heavy atom. The van der Waals surface area contributed by atoms with Gasteiger partial charge in [0.25, 0.3) is 0 Å². The second-order valence-electron chi connectivity index (χ2n) is 13.5. The minimum absolute atomic E-state index is 0.170. The fourth-order valence-corrected chi connectivity index (χ4v) is 7.36. The molecule has 3 heterocycles. The summed E-state index contributed by atoms with van der Waals surface area (Å²) in [5.41, 5.74) is 9.96. The summed E-state index contributed by atoms with van der Waals surface area (Å²) in [7, 11) is 31.0. The molecule has 55 heavy (non-hydrogen) atoms. The van der Waals surface area contributed by atoms with Crippen molar-refractivity contribution in [3.63, 3.8) is 0 Å². The largest absolute Gasteiger partial charge is 0.456 e.